The van der Waals surface area contributed by atoms with E-state index < -0.39 is 0 Å². The molecular formula is C15H23ClN2. The zero-order chi connectivity index (χ0) is 13.0. The Morgan fingerprint density at radius 2 is 2.17 bits per heavy atom. The average molecular weight is 267 g/mol. The van der Waals surface area contributed by atoms with Gasteiger partial charge in [0.1, 0.15) is 0 Å². The molecule has 2 atom stereocenters. The van der Waals surface area contributed by atoms with Crippen molar-refractivity contribution in [3.8, 4) is 0 Å². The van der Waals surface area contributed by atoms with Gasteiger partial charge in [0, 0.05) is 17.1 Å². The van der Waals surface area contributed by atoms with E-state index in [1.54, 1.807) is 0 Å². The highest BCUT2D eigenvalue weighted by atomic mass is 35.5. The number of hydrogen-bond donors (Lipinski definition) is 1. The van der Waals surface area contributed by atoms with Crippen molar-refractivity contribution in [1.82, 2.24) is 10.2 Å². The molecule has 1 saturated heterocycles. The molecule has 0 aromatic heterocycles. The molecule has 0 aliphatic carbocycles. The molecule has 2 unspecified atom stereocenters. The molecule has 2 rings (SSSR count). The van der Waals surface area contributed by atoms with Crippen LogP contribution >= 0.6 is 11.6 Å². The van der Waals surface area contributed by atoms with Gasteiger partial charge in [0.25, 0.3) is 0 Å². The predicted octanol–water partition coefficient (Wildman–Crippen LogP) is 3.47. The number of rotatable bonds is 3. The third kappa shape index (κ3) is 3.98. The van der Waals surface area contributed by atoms with Gasteiger partial charge in [-0.3, -0.25) is 0 Å². The SMILES string of the molecule is CC(NC1CCCN(C)CC1)c1cccc(Cl)c1. The molecule has 2 nitrogen and oxygen atoms in total. The first-order valence-electron chi connectivity index (χ1n) is 6.85. The van der Waals surface area contributed by atoms with Gasteiger partial charge in [-0.25, -0.2) is 0 Å². The maximum Gasteiger partial charge on any atom is 0.0409 e. The fraction of sp³-hybridized carbons (Fsp3) is 0.600. The van der Waals surface area contributed by atoms with E-state index in [-0.39, 0.29) is 0 Å². The third-order valence-electron chi connectivity index (χ3n) is 3.79. The molecule has 1 aromatic rings. The summed E-state index contributed by atoms with van der Waals surface area (Å²) in [4.78, 5) is 2.42. The van der Waals surface area contributed by atoms with Crippen molar-refractivity contribution < 1.29 is 0 Å². The molecule has 0 bridgehead atoms. The fourth-order valence-corrected chi connectivity index (χ4v) is 2.83. The number of nitrogens with zero attached hydrogens (tertiary/aromatic N) is 1. The number of hydrogen-bond acceptors (Lipinski definition) is 2. The third-order valence-corrected chi connectivity index (χ3v) is 4.02. The second-order valence-corrected chi connectivity index (χ2v) is 5.81. The Morgan fingerprint density at radius 3 is 2.94 bits per heavy atom. The summed E-state index contributed by atoms with van der Waals surface area (Å²) in [7, 11) is 2.21. The van der Waals surface area contributed by atoms with Crippen LogP contribution in [0.15, 0.2) is 24.3 Å². The summed E-state index contributed by atoms with van der Waals surface area (Å²) < 4.78 is 0. The highest BCUT2D eigenvalue weighted by Crippen LogP contribution is 2.20. The van der Waals surface area contributed by atoms with Crippen LogP contribution in [0.1, 0.15) is 37.8 Å². The molecule has 0 radical (unpaired) electrons. The number of likely N-dealkylation sites (tertiary alicyclic amines) is 1. The second-order valence-electron chi connectivity index (χ2n) is 5.37. The molecule has 1 fully saturated rings. The Balaban J connectivity index is 1.92. The number of benzene rings is 1. The van der Waals surface area contributed by atoms with Crippen LogP contribution in [0.4, 0.5) is 0 Å². The maximum atomic E-state index is 6.04. The van der Waals surface area contributed by atoms with Gasteiger partial charge in [-0.2, -0.15) is 0 Å². The van der Waals surface area contributed by atoms with Crippen molar-refractivity contribution in [3.63, 3.8) is 0 Å². The Kier molecular flexibility index (Phi) is 5.04. The lowest BCUT2D eigenvalue weighted by molar-refractivity contribution is 0.340. The molecular weight excluding hydrogens is 244 g/mol. The molecule has 3 heteroatoms. The first-order valence-corrected chi connectivity index (χ1v) is 7.23. The number of halogens is 1. The predicted molar refractivity (Wildman–Crippen MR) is 78.1 cm³/mol. The summed E-state index contributed by atoms with van der Waals surface area (Å²) in [5, 5.41) is 4.56. The molecule has 0 saturated carbocycles. The van der Waals surface area contributed by atoms with Crippen LogP contribution in [0, 0.1) is 0 Å². The van der Waals surface area contributed by atoms with E-state index in [1.807, 2.05) is 12.1 Å². The van der Waals surface area contributed by atoms with Gasteiger partial charge in [0.05, 0.1) is 0 Å². The minimum atomic E-state index is 0.372. The quantitative estimate of drug-likeness (QED) is 0.901. The van der Waals surface area contributed by atoms with Crippen molar-refractivity contribution in [1.29, 1.82) is 0 Å². The zero-order valence-electron chi connectivity index (χ0n) is 11.3. The fourth-order valence-electron chi connectivity index (χ4n) is 2.63. The normalized spacial score (nSPS) is 23.6. The van der Waals surface area contributed by atoms with Gasteiger partial charge in [-0.1, -0.05) is 23.7 Å². The van der Waals surface area contributed by atoms with Crippen LogP contribution in [0.3, 0.4) is 0 Å². The van der Waals surface area contributed by atoms with E-state index in [0.29, 0.717) is 12.1 Å². The van der Waals surface area contributed by atoms with Crippen LogP contribution < -0.4 is 5.32 Å². The summed E-state index contributed by atoms with van der Waals surface area (Å²) in [6.45, 7) is 4.64. The molecule has 100 valence electrons. The van der Waals surface area contributed by atoms with E-state index in [9.17, 15) is 0 Å². The van der Waals surface area contributed by atoms with E-state index in [0.717, 1.165) is 5.02 Å². The first-order chi connectivity index (χ1) is 8.65. The lowest BCUT2D eigenvalue weighted by Crippen LogP contribution is -2.32. The summed E-state index contributed by atoms with van der Waals surface area (Å²) in [6, 6.07) is 9.16. The average Bonchev–Trinajstić information content (AvgIpc) is 2.54. The van der Waals surface area contributed by atoms with E-state index in [2.05, 4.69) is 36.3 Å². The van der Waals surface area contributed by atoms with Gasteiger partial charge >= 0.3 is 0 Å². The van der Waals surface area contributed by atoms with E-state index in [1.165, 1.54) is 37.9 Å². The Hall–Kier alpha value is -0.570. The molecule has 1 aromatic carbocycles. The van der Waals surface area contributed by atoms with Gasteiger partial charge in [0.15, 0.2) is 0 Å². The highest BCUT2D eigenvalue weighted by Gasteiger charge is 2.17. The van der Waals surface area contributed by atoms with E-state index in [4.69, 9.17) is 11.6 Å². The van der Waals surface area contributed by atoms with Crippen molar-refractivity contribution in [2.45, 2.75) is 38.3 Å². The standard InChI is InChI=1S/C15H23ClN2/c1-12(13-5-3-6-14(16)11-13)17-15-7-4-9-18(2)10-8-15/h3,5-6,11-12,15,17H,4,7-10H2,1-2H3. The summed E-state index contributed by atoms with van der Waals surface area (Å²) in [5.41, 5.74) is 1.28. The molecule has 18 heavy (non-hydrogen) atoms. The summed E-state index contributed by atoms with van der Waals surface area (Å²) in [6.07, 6.45) is 3.80. The maximum absolute atomic E-state index is 6.04. The lowest BCUT2D eigenvalue weighted by Gasteiger charge is -2.22. The Bertz CT molecular complexity index is 381. The molecule has 0 spiro atoms. The van der Waals surface area contributed by atoms with Crippen LogP contribution in [0.25, 0.3) is 0 Å². The van der Waals surface area contributed by atoms with Crippen LogP contribution in [-0.2, 0) is 0 Å². The van der Waals surface area contributed by atoms with Crippen molar-refractivity contribution in [2.75, 3.05) is 20.1 Å². The Labute approximate surface area is 115 Å². The molecule has 1 aliphatic heterocycles. The zero-order valence-corrected chi connectivity index (χ0v) is 12.1. The van der Waals surface area contributed by atoms with Gasteiger partial charge < -0.3 is 10.2 Å². The topological polar surface area (TPSA) is 15.3 Å². The largest absolute Gasteiger partial charge is 0.307 e. The van der Waals surface area contributed by atoms with Crippen molar-refractivity contribution in [3.05, 3.63) is 34.9 Å². The molecule has 1 N–H and O–H groups in total. The molecule has 1 aliphatic rings. The number of nitrogens with one attached hydrogen (secondary N) is 1. The first kappa shape index (κ1) is 13.9. The summed E-state index contributed by atoms with van der Waals surface area (Å²) in [5.74, 6) is 0. The second kappa shape index (κ2) is 6.55. The summed E-state index contributed by atoms with van der Waals surface area (Å²) >= 11 is 6.04. The smallest absolute Gasteiger partial charge is 0.0409 e. The van der Waals surface area contributed by atoms with Crippen LogP contribution in [0.2, 0.25) is 5.02 Å². The van der Waals surface area contributed by atoms with Gasteiger partial charge in [-0.05, 0) is 64.0 Å². The van der Waals surface area contributed by atoms with Gasteiger partial charge in [-0.15, -0.1) is 0 Å². The van der Waals surface area contributed by atoms with Crippen molar-refractivity contribution >= 4 is 11.6 Å². The van der Waals surface area contributed by atoms with Crippen LogP contribution in [0.5, 0.6) is 0 Å². The highest BCUT2D eigenvalue weighted by molar-refractivity contribution is 6.30. The minimum Gasteiger partial charge on any atom is -0.307 e. The molecule has 0 amide bonds. The molecule has 1 heterocycles. The van der Waals surface area contributed by atoms with Gasteiger partial charge in [0.2, 0.25) is 0 Å². The van der Waals surface area contributed by atoms with E-state index >= 15 is 0 Å². The van der Waals surface area contributed by atoms with Crippen LogP contribution in [-0.4, -0.2) is 31.1 Å². The monoisotopic (exact) mass is 266 g/mol. The lowest BCUT2D eigenvalue weighted by atomic mass is 10.0. The van der Waals surface area contributed by atoms with Crippen molar-refractivity contribution in [2.24, 2.45) is 0 Å². The Morgan fingerprint density at radius 1 is 1.33 bits per heavy atom. The minimum absolute atomic E-state index is 0.372.